The molecule has 0 aromatic carbocycles. The van der Waals surface area contributed by atoms with Gasteiger partial charge in [-0.05, 0) is 26.2 Å². The molecule has 0 aliphatic rings. The van der Waals surface area contributed by atoms with Crippen LogP contribution in [0.2, 0.25) is 0 Å². The molecule has 0 aromatic rings. The third-order valence-electron chi connectivity index (χ3n) is 1.73. The number of carbonyl (C=O) groups is 1. The maximum absolute atomic E-state index is 11.2. The molecule has 1 amide bonds. The fraction of sp³-hybridized carbons (Fsp3) is 0.900. The van der Waals surface area contributed by atoms with Crippen LogP contribution in [0.25, 0.3) is 0 Å². The van der Waals surface area contributed by atoms with Crippen LogP contribution in [-0.2, 0) is 4.79 Å². The molecule has 0 saturated heterocycles. The highest BCUT2D eigenvalue weighted by molar-refractivity contribution is 5.80. The van der Waals surface area contributed by atoms with Crippen LogP contribution >= 0.6 is 0 Å². The second-order valence-corrected chi connectivity index (χ2v) is 5.60. The number of primary amides is 1. The normalized spacial score (nSPS) is 15.5. The van der Waals surface area contributed by atoms with Gasteiger partial charge in [-0.15, -0.1) is 0 Å². The van der Waals surface area contributed by atoms with Gasteiger partial charge in [0.05, 0.1) is 6.04 Å². The van der Waals surface area contributed by atoms with E-state index in [0.29, 0.717) is 0 Å². The summed E-state index contributed by atoms with van der Waals surface area (Å²) in [5, 5.41) is 3.22. The van der Waals surface area contributed by atoms with Crippen molar-refractivity contribution in [2.75, 3.05) is 0 Å². The minimum Gasteiger partial charge on any atom is -0.368 e. The lowest BCUT2D eigenvalue weighted by Crippen LogP contribution is -2.56. The summed E-state index contributed by atoms with van der Waals surface area (Å²) < 4.78 is 0. The molecule has 0 saturated carbocycles. The van der Waals surface area contributed by atoms with Crippen LogP contribution in [0.1, 0.15) is 41.5 Å². The van der Waals surface area contributed by atoms with Gasteiger partial charge in [0.2, 0.25) is 5.91 Å². The van der Waals surface area contributed by atoms with Crippen LogP contribution in [0, 0.1) is 5.41 Å². The molecule has 0 aromatic heterocycles. The Morgan fingerprint density at radius 2 is 1.54 bits per heavy atom. The molecule has 0 aliphatic carbocycles. The predicted octanol–water partition coefficient (Wildman–Crippen LogP) is 1.27. The molecule has 3 nitrogen and oxygen atoms in total. The first-order valence-corrected chi connectivity index (χ1v) is 4.61. The molecule has 0 rings (SSSR count). The van der Waals surface area contributed by atoms with Crippen molar-refractivity contribution >= 4 is 5.91 Å². The first kappa shape index (κ1) is 12.4. The summed E-state index contributed by atoms with van der Waals surface area (Å²) in [7, 11) is 0. The molecule has 0 spiro atoms. The Kier molecular flexibility index (Phi) is 3.50. The van der Waals surface area contributed by atoms with Crippen molar-refractivity contribution in [3.05, 3.63) is 0 Å². The molecule has 0 radical (unpaired) electrons. The largest absolute Gasteiger partial charge is 0.368 e. The third-order valence-corrected chi connectivity index (χ3v) is 1.73. The molecule has 78 valence electrons. The van der Waals surface area contributed by atoms with Crippen molar-refractivity contribution in [3.8, 4) is 0 Å². The summed E-state index contributed by atoms with van der Waals surface area (Å²) in [5.41, 5.74) is 5.10. The van der Waals surface area contributed by atoms with E-state index in [-0.39, 0.29) is 22.9 Å². The predicted molar refractivity (Wildman–Crippen MR) is 55.3 cm³/mol. The van der Waals surface area contributed by atoms with Crippen molar-refractivity contribution in [3.63, 3.8) is 0 Å². The van der Waals surface area contributed by atoms with Gasteiger partial charge in [0, 0.05) is 5.54 Å². The fourth-order valence-corrected chi connectivity index (χ4v) is 1.15. The Labute approximate surface area is 81.1 Å². The lowest BCUT2D eigenvalue weighted by Gasteiger charge is -2.34. The van der Waals surface area contributed by atoms with Gasteiger partial charge in [0.1, 0.15) is 0 Å². The van der Waals surface area contributed by atoms with Crippen molar-refractivity contribution < 1.29 is 4.79 Å². The van der Waals surface area contributed by atoms with E-state index in [1.54, 1.807) is 0 Å². The van der Waals surface area contributed by atoms with E-state index in [4.69, 9.17) is 5.73 Å². The molecule has 0 bridgehead atoms. The van der Waals surface area contributed by atoms with E-state index < -0.39 is 0 Å². The van der Waals surface area contributed by atoms with E-state index in [2.05, 4.69) is 5.32 Å². The highest BCUT2D eigenvalue weighted by Crippen LogP contribution is 2.21. The van der Waals surface area contributed by atoms with E-state index in [0.717, 1.165) is 0 Å². The monoisotopic (exact) mass is 186 g/mol. The molecule has 0 unspecified atom stereocenters. The SMILES string of the molecule is CC(C)(C)N[C@H](C(N)=O)C(C)(C)C. The van der Waals surface area contributed by atoms with Crippen LogP contribution in [0.15, 0.2) is 0 Å². The summed E-state index contributed by atoms with van der Waals surface area (Å²) >= 11 is 0. The molecule has 3 heteroatoms. The van der Waals surface area contributed by atoms with Crippen LogP contribution in [-0.4, -0.2) is 17.5 Å². The molecule has 0 heterocycles. The second-order valence-electron chi connectivity index (χ2n) is 5.60. The van der Waals surface area contributed by atoms with Gasteiger partial charge in [-0.3, -0.25) is 4.79 Å². The molecule has 3 N–H and O–H groups in total. The fourth-order valence-electron chi connectivity index (χ4n) is 1.15. The van der Waals surface area contributed by atoms with Gasteiger partial charge in [-0.1, -0.05) is 20.8 Å². The summed E-state index contributed by atoms with van der Waals surface area (Å²) in [6.45, 7) is 12.1. The Hall–Kier alpha value is -0.570. The molecular weight excluding hydrogens is 164 g/mol. The third kappa shape index (κ3) is 4.88. The van der Waals surface area contributed by atoms with E-state index in [9.17, 15) is 4.79 Å². The lowest BCUT2D eigenvalue weighted by atomic mass is 9.85. The Morgan fingerprint density at radius 3 is 1.62 bits per heavy atom. The minimum atomic E-state index is -0.289. The lowest BCUT2D eigenvalue weighted by molar-refractivity contribution is -0.123. The zero-order valence-electron chi connectivity index (χ0n) is 9.56. The van der Waals surface area contributed by atoms with Gasteiger partial charge < -0.3 is 11.1 Å². The first-order chi connectivity index (χ1) is 5.54. The zero-order chi connectivity index (χ0) is 10.9. The Morgan fingerprint density at radius 1 is 1.15 bits per heavy atom. The number of hydrogen-bond acceptors (Lipinski definition) is 2. The van der Waals surface area contributed by atoms with Crippen LogP contribution in [0.3, 0.4) is 0 Å². The minimum absolute atomic E-state index is 0.0903. The molecule has 0 fully saturated rings. The van der Waals surface area contributed by atoms with Crippen molar-refractivity contribution in [1.82, 2.24) is 5.32 Å². The smallest absolute Gasteiger partial charge is 0.235 e. The average Bonchev–Trinajstić information content (AvgIpc) is 1.77. The van der Waals surface area contributed by atoms with Gasteiger partial charge in [-0.25, -0.2) is 0 Å². The molecular formula is C10H22N2O. The summed E-state index contributed by atoms with van der Waals surface area (Å²) in [6, 6.07) is -0.285. The number of carbonyl (C=O) groups excluding carboxylic acids is 1. The molecule has 13 heavy (non-hydrogen) atoms. The van der Waals surface area contributed by atoms with Crippen molar-refractivity contribution in [2.24, 2.45) is 11.1 Å². The van der Waals surface area contributed by atoms with Gasteiger partial charge in [0.25, 0.3) is 0 Å². The number of hydrogen-bond donors (Lipinski definition) is 2. The Balaban J connectivity index is 4.56. The van der Waals surface area contributed by atoms with Crippen molar-refractivity contribution in [2.45, 2.75) is 53.1 Å². The van der Waals surface area contributed by atoms with E-state index in [1.807, 2.05) is 41.5 Å². The van der Waals surface area contributed by atoms with Crippen molar-refractivity contribution in [1.29, 1.82) is 0 Å². The number of nitrogens with one attached hydrogen (secondary N) is 1. The highest BCUT2D eigenvalue weighted by atomic mass is 16.1. The van der Waals surface area contributed by atoms with E-state index >= 15 is 0 Å². The summed E-state index contributed by atoms with van der Waals surface area (Å²) in [4.78, 5) is 11.2. The van der Waals surface area contributed by atoms with E-state index in [1.165, 1.54) is 0 Å². The van der Waals surface area contributed by atoms with Gasteiger partial charge in [-0.2, -0.15) is 0 Å². The van der Waals surface area contributed by atoms with Crippen LogP contribution in [0.4, 0.5) is 0 Å². The number of amides is 1. The number of rotatable bonds is 2. The van der Waals surface area contributed by atoms with Gasteiger partial charge in [0.15, 0.2) is 0 Å². The summed E-state index contributed by atoms with van der Waals surface area (Å²) in [6.07, 6.45) is 0. The van der Waals surface area contributed by atoms with Gasteiger partial charge >= 0.3 is 0 Å². The van der Waals surface area contributed by atoms with Crippen LogP contribution in [0.5, 0.6) is 0 Å². The number of nitrogens with two attached hydrogens (primary N) is 1. The topological polar surface area (TPSA) is 55.1 Å². The van der Waals surface area contributed by atoms with Crippen LogP contribution < -0.4 is 11.1 Å². The first-order valence-electron chi connectivity index (χ1n) is 4.61. The maximum atomic E-state index is 11.2. The maximum Gasteiger partial charge on any atom is 0.235 e. The average molecular weight is 186 g/mol. The standard InChI is InChI=1S/C10H22N2O/c1-9(2,3)7(8(11)13)12-10(4,5)6/h7,12H,1-6H3,(H2,11,13)/t7-/m1/s1. The highest BCUT2D eigenvalue weighted by Gasteiger charge is 2.32. The Bertz CT molecular complexity index is 186. The second kappa shape index (κ2) is 3.66. The molecule has 1 atom stereocenters. The summed E-state index contributed by atoms with van der Waals surface area (Å²) in [5.74, 6) is -0.289. The molecule has 0 aliphatic heterocycles. The zero-order valence-corrected chi connectivity index (χ0v) is 9.56. The quantitative estimate of drug-likeness (QED) is 0.682.